The van der Waals surface area contributed by atoms with E-state index in [4.69, 9.17) is 9.52 Å². The quantitative estimate of drug-likeness (QED) is 0.744. The summed E-state index contributed by atoms with van der Waals surface area (Å²) in [6.45, 7) is 2.59. The van der Waals surface area contributed by atoms with Crippen molar-refractivity contribution < 1.29 is 14.3 Å². The number of carbonyl (C=O) groups is 1. The van der Waals surface area contributed by atoms with Gasteiger partial charge in [-0.15, -0.1) is 0 Å². The molecule has 2 rings (SSSR count). The molecule has 0 saturated carbocycles. The van der Waals surface area contributed by atoms with Gasteiger partial charge in [0.05, 0.1) is 17.7 Å². The van der Waals surface area contributed by atoms with Crippen LogP contribution in [0.2, 0.25) is 0 Å². The van der Waals surface area contributed by atoms with Crippen molar-refractivity contribution in [1.82, 2.24) is 5.32 Å². The summed E-state index contributed by atoms with van der Waals surface area (Å²) < 4.78 is 5.28. The third kappa shape index (κ3) is 1.23. The molecule has 0 aliphatic carbocycles. The minimum absolute atomic E-state index is 0.409. The van der Waals surface area contributed by atoms with E-state index in [-0.39, 0.29) is 0 Å². The predicted molar refractivity (Wildman–Crippen MR) is 49.8 cm³/mol. The van der Waals surface area contributed by atoms with Crippen molar-refractivity contribution in [3.8, 4) is 0 Å². The molecule has 2 N–H and O–H groups in total. The van der Waals surface area contributed by atoms with E-state index in [2.05, 4.69) is 5.32 Å². The first-order chi connectivity index (χ1) is 6.64. The lowest BCUT2D eigenvalue weighted by molar-refractivity contribution is -0.143. The number of hydrogen-bond donors (Lipinski definition) is 2. The maximum Gasteiger partial charge on any atom is 0.308 e. The van der Waals surface area contributed by atoms with Gasteiger partial charge in [-0.3, -0.25) is 4.79 Å². The molecule has 14 heavy (non-hydrogen) atoms. The molecule has 1 fully saturated rings. The summed E-state index contributed by atoms with van der Waals surface area (Å²) in [5, 5.41) is 12.3. The maximum absolute atomic E-state index is 11.0. The molecule has 0 aromatic carbocycles. The van der Waals surface area contributed by atoms with E-state index >= 15 is 0 Å². The zero-order valence-corrected chi connectivity index (χ0v) is 7.99. The van der Waals surface area contributed by atoms with Crippen LogP contribution in [0.15, 0.2) is 22.8 Å². The van der Waals surface area contributed by atoms with E-state index in [0.29, 0.717) is 18.7 Å². The Hall–Kier alpha value is -1.29. The summed E-state index contributed by atoms with van der Waals surface area (Å²) in [6, 6.07) is 3.59. The molecule has 2 unspecified atom stereocenters. The van der Waals surface area contributed by atoms with Crippen LogP contribution in [0.3, 0.4) is 0 Å². The first-order valence-corrected chi connectivity index (χ1v) is 4.66. The molecule has 1 saturated heterocycles. The van der Waals surface area contributed by atoms with Gasteiger partial charge in [0.2, 0.25) is 0 Å². The van der Waals surface area contributed by atoms with Gasteiger partial charge in [0.15, 0.2) is 0 Å². The Labute approximate surface area is 81.9 Å². The van der Waals surface area contributed by atoms with Gasteiger partial charge in [-0.1, -0.05) is 0 Å². The normalized spacial score (nSPS) is 31.9. The van der Waals surface area contributed by atoms with Gasteiger partial charge in [-0.25, -0.2) is 0 Å². The fraction of sp³-hybridized carbons (Fsp3) is 0.500. The van der Waals surface area contributed by atoms with Crippen LogP contribution in [-0.2, 0) is 10.3 Å². The molecule has 2 heterocycles. The lowest BCUT2D eigenvalue weighted by Crippen LogP contribution is -2.41. The summed E-state index contributed by atoms with van der Waals surface area (Å²) in [6.07, 6.45) is 2.21. The monoisotopic (exact) mass is 195 g/mol. The predicted octanol–water partition coefficient (Wildman–Crippen LogP) is 1.19. The lowest BCUT2D eigenvalue weighted by Gasteiger charge is -2.26. The van der Waals surface area contributed by atoms with E-state index in [9.17, 15) is 4.79 Å². The van der Waals surface area contributed by atoms with Crippen molar-refractivity contribution in [2.75, 3.05) is 6.54 Å². The molecule has 1 aliphatic rings. The van der Waals surface area contributed by atoms with Crippen LogP contribution in [0.25, 0.3) is 0 Å². The Morgan fingerprint density at radius 3 is 3.14 bits per heavy atom. The second-order valence-electron chi connectivity index (χ2n) is 3.79. The average molecular weight is 195 g/mol. The molecule has 1 aromatic rings. The summed E-state index contributed by atoms with van der Waals surface area (Å²) in [5.74, 6) is -0.482. The zero-order chi connectivity index (χ0) is 10.2. The third-order valence-electron chi connectivity index (χ3n) is 2.95. The van der Waals surface area contributed by atoms with Crippen molar-refractivity contribution in [2.24, 2.45) is 5.92 Å². The molecule has 4 heteroatoms. The van der Waals surface area contributed by atoms with Crippen LogP contribution in [0, 0.1) is 5.92 Å². The number of furan rings is 1. The van der Waals surface area contributed by atoms with Gasteiger partial charge in [0, 0.05) is 0 Å². The van der Waals surface area contributed by atoms with Crippen LogP contribution in [0.5, 0.6) is 0 Å². The Bertz CT molecular complexity index is 333. The fourth-order valence-electron chi connectivity index (χ4n) is 2.09. The minimum Gasteiger partial charge on any atom is -0.481 e. The second kappa shape index (κ2) is 3.13. The van der Waals surface area contributed by atoms with Crippen molar-refractivity contribution in [2.45, 2.75) is 18.9 Å². The Morgan fingerprint density at radius 1 is 1.79 bits per heavy atom. The van der Waals surface area contributed by atoms with E-state index in [1.807, 2.05) is 13.0 Å². The first-order valence-electron chi connectivity index (χ1n) is 4.66. The number of nitrogens with one attached hydrogen (secondary N) is 1. The van der Waals surface area contributed by atoms with Gasteiger partial charge in [-0.05, 0) is 32.0 Å². The Morgan fingerprint density at radius 2 is 2.57 bits per heavy atom. The average Bonchev–Trinajstić information content (AvgIpc) is 2.71. The van der Waals surface area contributed by atoms with Gasteiger partial charge < -0.3 is 14.8 Å². The van der Waals surface area contributed by atoms with E-state index in [0.717, 1.165) is 0 Å². The highest BCUT2D eigenvalue weighted by Crippen LogP contribution is 2.36. The third-order valence-corrected chi connectivity index (χ3v) is 2.95. The SMILES string of the molecule is CC1(c2ccco2)NCCC1C(=O)O. The Balaban J connectivity index is 2.35. The summed E-state index contributed by atoms with van der Waals surface area (Å²) in [7, 11) is 0. The highest BCUT2D eigenvalue weighted by atomic mass is 16.4. The summed E-state index contributed by atoms with van der Waals surface area (Å²) in [4.78, 5) is 11.0. The summed E-state index contributed by atoms with van der Waals surface area (Å²) in [5.41, 5.74) is -0.560. The van der Waals surface area contributed by atoms with E-state index in [1.165, 1.54) is 0 Å². The van der Waals surface area contributed by atoms with Gasteiger partial charge in [-0.2, -0.15) is 0 Å². The van der Waals surface area contributed by atoms with E-state index < -0.39 is 17.4 Å². The Kier molecular flexibility index (Phi) is 2.07. The molecular weight excluding hydrogens is 182 g/mol. The molecule has 0 bridgehead atoms. The lowest BCUT2D eigenvalue weighted by atomic mass is 9.85. The topological polar surface area (TPSA) is 62.5 Å². The molecule has 0 amide bonds. The van der Waals surface area contributed by atoms with Crippen LogP contribution in [0.1, 0.15) is 19.1 Å². The second-order valence-corrected chi connectivity index (χ2v) is 3.79. The van der Waals surface area contributed by atoms with Crippen LogP contribution in [0.4, 0.5) is 0 Å². The standard InChI is InChI=1S/C10H13NO3/c1-10(8-3-2-6-14-8)7(9(12)13)4-5-11-10/h2-3,6-7,11H,4-5H2,1H3,(H,12,13). The highest BCUT2D eigenvalue weighted by molar-refractivity contribution is 5.72. The maximum atomic E-state index is 11.0. The molecule has 1 aromatic heterocycles. The smallest absolute Gasteiger partial charge is 0.308 e. The molecular formula is C10H13NO3. The molecule has 2 atom stereocenters. The number of hydrogen-bond acceptors (Lipinski definition) is 3. The largest absolute Gasteiger partial charge is 0.481 e. The van der Waals surface area contributed by atoms with Crippen LogP contribution in [-0.4, -0.2) is 17.6 Å². The highest BCUT2D eigenvalue weighted by Gasteiger charge is 2.46. The number of rotatable bonds is 2. The van der Waals surface area contributed by atoms with Crippen molar-refractivity contribution in [1.29, 1.82) is 0 Å². The fourth-order valence-corrected chi connectivity index (χ4v) is 2.09. The number of carboxylic acid groups (broad SMARTS) is 1. The minimum atomic E-state index is -0.770. The van der Waals surface area contributed by atoms with Crippen LogP contribution < -0.4 is 5.32 Å². The van der Waals surface area contributed by atoms with E-state index in [1.54, 1.807) is 12.3 Å². The van der Waals surface area contributed by atoms with Gasteiger partial charge in [0.25, 0.3) is 0 Å². The zero-order valence-electron chi connectivity index (χ0n) is 7.99. The molecule has 4 nitrogen and oxygen atoms in total. The van der Waals surface area contributed by atoms with Crippen molar-refractivity contribution >= 4 is 5.97 Å². The number of aliphatic carboxylic acids is 1. The molecule has 0 radical (unpaired) electrons. The van der Waals surface area contributed by atoms with Crippen LogP contribution >= 0.6 is 0 Å². The number of carboxylic acids is 1. The van der Waals surface area contributed by atoms with Gasteiger partial charge >= 0.3 is 5.97 Å². The molecule has 1 aliphatic heterocycles. The van der Waals surface area contributed by atoms with Crippen molar-refractivity contribution in [3.05, 3.63) is 24.2 Å². The first kappa shape index (κ1) is 9.27. The van der Waals surface area contributed by atoms with Gasteiger partial charge in [0.1, 0.15) is 5.76 Å². The molecule has 76 valence electrons. The van der Waals surface area contributed by atoms with Crippen molar-refractivity contribution in [3.63, 3.8) is 0 Å². The summed E-state index contributed by atoms with van der Waals surface area (Å²) >= 11 is 0. The molecule has 0 spiro atoms.